The maximum atomic E-state index is 12.7. The maximum absolute atomic E-state index is 12.7. The highest BCUT2D eigenvalue weighted by Gasteiger charge is 2.25. The summed E-state index contributed by atoms with van der Waals surface area (Å²) in [7, 11) is 0. The van der Waals surface area contributed by atoms with Crippen molar-refractivity contribution in [1.82, 2.24) is 14.8 Å². The van der Waals surface area contributed by atoms with E-state index in [0.717, 1.165) is 18.4 Å². The molecule has 0 spiro atoms. The SMILES string of the molecule is O=C(Cc1ccc2c(c1)CCCC2)N1CCN(C(=O)c2cccnc2)CC1. The number of pyridine rings is 1. The minimum Gasteiger partial charge on any atom is -0.339 e. The summed E-state index contributed by atoms with van der Waals surface area (Å²) in [5, 5.41) is 0. The Bertz CT molecular complexity index is 827. The van der Waals surface area contributed by atoms with Crippen LogP contribution in [0.1, 0.15) is 39.9 Å². The molecular formula is C22H25N3O2. The molecule has 140 valence electrons. The van der Waals surface area contributed by atoms with E-state index in [0.29, 0.717) is 38.2 Å². The van der Waals surface area contributed by atoms with Crippen LogP contribution in [0.3, 0.4) is 0 Å². The highest BCUT2D eigenvalue weighted by atomic mass is 16.2. The summed E-state index contributed by atoms with van der Waals surface area (Å²) >= 11 is 0. The van der Waals surface area contributed by atoms with Crippen molar-refractivity contribution in [1.29, 1.82) is 0 Å². The zero-order chi connectivity index (χ0) is 18.6. The molecule has 27 heavy (non-hydrogen) atoms. The second-order valence-corrected chi connectivity index (χ2v) is 7.40. The predicted molar refractivity (Wildman–Crippen MR) is 104 cm³/mol. The first kappa shape index (κ1) is 17.7. The molecule has 2 aromatic rings. The van der Waals surface area contributed by atoms with Crippen LogP contribution in [-0.4, -0.2) is 52.8 Å². The van der Waals surface area contributed by atoms with Gasteiger partial charge in [-0.25, -0.2) is 0 Å². The molecule has 0 saturated carbocycles. The second kappa shape index (κ2) is 7.91. The smallest absolute Gasteiger partial charge is 0.255 e. The van der Waals surface area contributed by atoms with E-state index in [2.05, 4.69) is 23.2 Å². The van der Waals surface area contributed by atoms with Gasteiger partial charge < -0.3 is 9.80 Å². The summed E-state index contributed by atoms with van der Waals surface area (Å²) in [5.41, 5.74) is 4.57. The number of aromatic nitrogens is 1. The third-order valence-electron chi connectivity index (χ3n) is 5.60. The fourth-order valence-corrected chi connectivity index (χ4v) is 4.01. The van der Waals surface area contributed by atoms with Crippen LogP contribution in [0.15, 0.2) is 42.7 Å². The molecule has 1 aromatic carbocycles. The molecule has 2 amide bonds. The number of carbonyl (C=O) groups is 2. The molecule has 0 unspecified atom stereocenters. The summed E-state index contributed by atoms with van der Waals surface area (Å²) in [6.45, 7) is 2.33. The molecule has 1 saturated heterocycles. The van der Waals surface area contributed by atoms with Crippen molar-refractivity contribution in [3.8, 4) is 0 Å². The van der Waals surface area contributed by atoms with E-state index in [9.17, 15) is 9.59 Å². The molecule has 1 fully saturated rings. The number of nitrogens with zero attached hydrogens (tertiary/aromatic N) is 3. The standard InChI is InChI=1S/C22H25N3O2/c26-21(15-17-7-8-18-4-1-2-5-19(18)14-17)24-10-12-25(13-11-24)22(27)20-6-3-9-23-16-20/h3,6-9,14,16H,1-2,4-5,10-13,15H2. The van der Waals surface area contributed by atoms with Crippen LogP contribution in [0, 0.1) is 0 Å². The molecule has 2 heterocycles. The maximum Gasteiger partial charge on any atom is 0.255 e. The molecule has 0 bridgehead atoms. The van der Waals surface area contributed by atoms with Crippen LogP contribution in [0.5, 0.6) is 0 Å². The molecule has 1 aliphatic heterocycles. The Morgan fingerprint density at radius 3 is 2.41 bits per heavy atom. The van der Waals surface area contributed by atoms with Crippen LogP contribution in [0.25, 0.3) is 0 Å². The largest absolute Gasteiger partial charge is 0.339 e. The third-order valence-corrected chi connectivity index (χ3v) is 5.60. The molecule has 0 N–H and O–H groups in total. The van der Waals surface area contributed by atoms with Gasteiger partial charge in [0.15, 0.2) is 0 Å². The Labute approximate surface area is 160 Å². The van der Waals surface area contributed by atoms with E-state index in [4.69, 9.17) is 0 Å². The summed E-state index contributed by atoms with van der Waals surface area (Å²) in [6.07, 6.45) is 8.52. The first-order valence-corrected chi connectivity index (χ1v) is 9.78. The van der Waals surface area contributed by atoms with Crippen LogP contribution < -0.4 is 0 Å². The Hall–Kier alpha value is -2.69. The average Bonchev–Trinajstić information content (AvgIpc) is 2.74. The summed E-state index contributed by atoms with van der Waals surface area (Å²) in [5.74, 6) is 0.143. The van der Waals surface area contributed by atoms with E-state index < -0.39 is 0 Å². The lowest BCUT2D eigenvalue weighted by atomic mass is 9.90. The fourth-order valence-electron chi connectivity index (χ4n) is 4.01. The van der Waals surface area contributed by atoms with Crippen molar-refractivity contribution in [2.45, 2.75) is 32.1 Å². The van der Waals surface area contributed by atoms with Gasteiger partial charge in [-0.3, -0.25) is 14.6 Å². The first-order valence-electron chi connectivity index (χ1n) is 9.78. The quantitative estimate of drug-likeness (QED) is 0.842. The van der Waals surface area contributed by atoms with Crippen LogP contribution >= 0.6 is 0 Å². The number of fused-ring (bicyclic) bond motifs is 1. The van der Waals surface area contributed by atoms with Gasteiger partial charge in [0, 0.05) is 38.6 Å². The van der Waals surface area contributed by atoms with E-state index >= 15 is 0 Å². The number of hydrogen-bond donors (Lipinski definition) is 0. The monoisotopic (exact) mass is 363 g/mol. The number of carbonyl (C=O) groups excluding carboxylic acids is 2. The van der Waals surface area contributed by atoms with Crippen molar-refractivity contribution in [3.63, 3.8) is 0 Å². The summed E-state index contributed by atoms with van der Waals surface area (Å²) in [4.78, 5) is 32.9. The van der Waals surface area contributed by atoms with Gasteiger partial charge in [0.2, 0.25) is 5.91 Å². The normalized spacial score (nSPS) is 16.7. The molecule has 5 nitrogen and oxygen atoms in total. The van der Waals surface area contributed by atoms with Gasteiger partial charge >= 0.3 is 0 Å². The first-order chi connectivity index (χ1) is 13.2. The van der Waals surface area contributed by atoms with Crippen molar-refractivity contribution >= 4 is 11.8 Å². The van der Waals surface area contributed by atoms with Gasteiger partial charge in [-0.05, 0) is 54.5 Å². The highest BCUT2D eigenvalue weighted by molar-refractivity contribution is 5.94. The van der Waals surface area contributed by atoms with E-state index in [1.807, 2.05) is 4.90 Å². The Kier molecular flexibility index (Phi) is 5.19. The van der Waals surface area contributed by atoms with Gasteiger partial charge in [0.05, 0.1) is 12.0 Å². The van der Waals surface area contributed by atoms with Crippen molar-refractivity contribution in [3.05, 3.63) is 65.0 Å². The predicted octanol–water partition coefficient (Wildman–Crippen LogP) is 2.49. The number of benzene rings is 1. The lowest BCUT2D eigenvalue weighted by Gasteiger charge is -2.35. The molecule has 5 heteroatoms. The fraction of sp³-hybridized carbons (Fsp3) is 0.409. The van der Waals surface area contributed by atoms with E-state index in [-0.39, 0.29) is 11.8 Å². The van der Waals surface area contributed by atoms with Crippen molar-refractivity contribution in [2.24, 2.45) is 0 Å². The van der Waals surface area contributed by atoms with Gasteiger partial charge in [0.25, 0.3) is 5.91 Å². The molecule has 0 atom stereocenters. The zero-order valence-electron chi connectivity index (χ0n) is 15.6. The van der Waals surface area contributed by atoms with Crippen molar-refractivity contribution < 1.29 is 9.59 Å². The summed E-state index contributed by atoms with van der Waals surface area (Å²) < 4.78 is 0. The average molecular weight is 363 g/mol. The highest BCUT2D eigenvalue weighted by Crippen LogP contribution is 2.22. The number of aryl methyl sites for hydroxylation is 2. The lowest BCUT2D eigenvalue weighted by molar-refractivity contribution is -0.131. The number of amides is 2. The number of rotatable bonds is 3. The van der Waals surface area contributed by atoms with Gasteiger partial charge in [-0.2, -0.15) is 0 Å². The van der Waals surface area contributed by atoms with Crippen LogP contribution in [-0.2, 0) is 24.1 Å². The summed E-state index contributed by atoms with van der Waals surface area (Å²) in [6, 6.07) is 10.1. The van der Waals surface area contributed by atoms with Crippen LogP contribution in [0.4, 0.5) is 0 Å². The minimum absolute atomic E-state index is 0.00936. The molecule has 0 radical (unpaired) electrons. The Morgan fingerprint density at radius 2 is 1.67 bits per heavy atom. The number of hydrogen-bond acceptors (Lipinski definition) is 3. The molecule has 4 rings (SSSR count). The lowest BCUT2D eigenvalue weighted by Crippen LogP contribution is -2.51. The number of piperazine rings is 1. The van der Waals surface area contributed by atoms with Gasteiger partial charge in [-0.15, -0.1) is 0 Å². The molecule has 1 aromatic heterocycles. The third kappa shape index (κ3) is 4.02. The molecule has 1 aliphatic carbocycles. The van der Waals surface area contributed by atoms with E-state index in [1.54, 1.807) is 29.4 Å². The van der Waals surface area contributed by atoms with Gasteiger partial charge in [-0.1, -0.05) is 18.2 Å². The molecule has 2 aliphatic rings. The van der Waals surface area contributed by atoms with E-state index in [1.165, 1.54) is 24.0 Å². The zero-order valence-corrected chi connectivity index (χ0v) is 15.6. The Balaban J connectivity index is 1.33. The van der Waals surface area contributed by atoms with Crippen LogP contribution in [0.2, 0.25) is 0 Å². The molecular weight excluding hydrogens is 338 g/mol. The minimum atomic E-state index is -0.00936. The second-order valence-electron chi connectivity index (χ2n) is 7.40. The van der Waals surface area contributed by atoms with Crippen molar-refractivity contribution in [2.75, 3.05) is 26.2 Å². The topological polar surface area (TPSA) is 53.5 Å². The van der Waals surface area contributed by atoms with Gasteiger partial charge in [0.1, 0.15) is 0 Å². The Morgan fingerprint density at radius 1 is 0.926 bits per heavy atom.